The molecule has 2 saturated heterocycles. The molecule has 2 bridgehead atoms. The van der Waals surface area contributed by atoms with Gasteiger partial charge in [0.1, 0.15) is 11.4 Å². The van der Waals surface area contributed by atoms with Crippen molar-refractivity contribution in [1.29, 1.82) is 0 Å². The number of amides is 1. The van der Waals surface area contributed by atoms with Crippen LogP contribution in [0.1, 0.15) is 52.0 Å². The highest BCUT2D eigenvalue weighted by Crippen LogP contribution is 2.38. The van der Waals surface area contributed by atoms with Crippen molar-refractivity contribution in [2.75, 3.05) is 0 Å². The van der Waals surface area contributed by atoms with Gasteiger partial charge in [-0.25, -0.2) is 9.18 Å². The molecule has 1 aromatic carbocycles. The maximum Gasteiger partial charge on any atom is 0.410 e. The lowest BCUT2D eigenvalue weighted by molar-refractivity contribution is -0.0402. The van der Waals surface area contributed by atoms with Crippen molar-refractivity contribution in [1.82, 2.24) is 4.90 Å². The molecule has 1 unspecified atom stereocenters. The highest BCUT2D eigenvalue weighted by Gasteiger charge is 2.45. The summed E-state index contributed by atoms with van der Waals surface area (Å²) < 4.78 is 26.2. The Hall–Kier alpha value is -1.14. The molecule has 0 radical (unpaired) electrons. The summed E-state index contributed by atoms with van der Waals surface area (Å²) in [6.07, 6.45) is 3.34. The Labute approximate surface area is 156 Å². The van der Waals surface area contributed by atoms with E-state index in [4.69, 9.17) is 9.47 Å². The largest absolute Gasteiger partial charge is 0.444 e. The minimum Gasteiger partial charge on any atom is -0.444 e. The van der Waals surface area contributed by atoms with E-state index in [2.05, 4.69) is 15.9 Å². The molecule has 0 spiro atoms. The van der Waals surface area contributed by atoms with Crippen LogP contribution < -0.4 is 0 Å². The van der Waals surface area contributed by atoms with Crippen LogP contribution in [0, 0.1) is 5.82 Å². The van der Waals surface area contributed by atoms with E-state index in [0.29, 0.717) is 5.56 Å². The van der Waals surface area contributed by atoms with Crippen molar-refractivity contribution in [2.24, 2.45) is 0 Å². The summed E-state index contributed by atoms with van der Waals surface area (Å²) in [6.45, 7) is 5.89. The van der Waals surface area contributed by atoms with E-state index in [1.54, 1.807) is 6.07 Å². The summed E-state index contributed by atoms with van der Waals surface area (Å²) in [4.78, 5) is 14.3. The van der Waals surface area contributed by atoms with E-state index in [0.717, 1.165) is 30.2 Å². The molecule has 0 N–H and O–H groups in total. The summed E-state index contributed by atoms with van der Waals surface area (Å²) >= 11 is 3.38. The summed E-state index contributed by atoms with van der Waals surface area (Å²) in [7, 11) is 0. The van der Waals surface area contributed by atoms with Gasteiger partial charge < -0.3 is 14.4 Å². The molecule has 25 heavy (non-hydrogen) atoms. The SMILES string of the molecule is CC(C)(C)OC(=O)N1[C@@H]2CC[C@H]1CC(OCc1c(F)cccc1Br)C2. The molecule has 0 aliphatic carbocycles. The summed E-state index contributed by atoms with van der Waals surface area (Å²) in [6, 6.07) is 5.24. The monoisotopic (exact) mass is 413 g/mol. The number of piperidine rings is 1. The molecule has 2 heterocycles. The second kappa shape index (κ2) is 7.23. The maximum atomic E-state index is 13.9. The van der Waals surface area contributed by atoms with Gasteiger partial charge in [-0.3, -0.25) is 0 Å². The highest BCUT2D eigenvalue weighted by molar-refractivity contribution is 9.10. The van der Waals surface area contributed by atoms with Crippen LogP contribution in [-0.2, 0) is 16.1 Å². The van der Waals surface area contributed by atoms with Crippen LogP contribution in [0.4, 0.5) is 9.18 Å². The Balaban J connectivity index is 1.59. The first-order chi connectivity index (χ1) is 11.7. The van der Waals surface area contributed by atoms with Gasteiger partial charge in [0.05, 0.1) is 12.7 Å². The Bertz CT molecular complexity index is 612. The van der Waals surface area contributed by atoms with Crippen LogP contribution >= 0.6 is 15.9 Å². The normalized spacial score (nSPS) is 26.0. The van der Waals surface area contributed by atoms with Crippen molar-refractivity contribution in [2.45, 2.75) is 76.9 Å². The summed E-state index contributed by atoms with van der Waals surface area (Å²) in [5.41, 5.74) is 0.0606. The molecule has 2 aliphatic heterocycles. The zero-order valence-electron chi connectivity index (χ0n) is 14.9. The lowest BCUT2D eigenvalue weighted by Crippen LogP contribution is -2.50. The molecule has 2 aliphatic rings. The number of fused-ring (bicyclic) bond motifs is 2. The van der Waals surface area contributed by atoms with Gasteiger partial charge in [-0.2, -0.15) is 0 Å². The minimum atomic E-state index is -0.485. The lowest BCUT2D eigenvalue weighted by atomic mass is 10.00. The summed E-state index contributed by atoms with van der Waals surface area (Å²) in [5, 5.41) is 0. The van der Waals surface area contributed by atoms with E-state index >= 15 is 0 Å². The topological polar surface area (TPSA) is 38.8 Å². The predicted molar refractivity (Wildman–Crippen MR) is 96.8 cm³/mol. The van der Waals surface area contributed by atoms with E-state index in [-0.39, 0.29) is 36.7 Å². The van der Waals surface area contributed by atoms with E-state index in [1.807, 2.05) is 31.7 Å². The second-order valence-electron chi connectivity index (χ2n) is 7.88. The highest BCUT2D eigenvalue weighted by atomic mass is 79.9. The van der Waals surface area contributed by atoms with Gasteiger partial charge in [0.25, 0.3) is 0 Å². The molecule has 1 aromatic rings. The number of rotatable bonds is 3. The first kappa shape index (κ1) is 18.6. The van der Waals surface area contributed by atoms with Crippen molar-refractivity contribution < 1.29 is 18.7 Å². The molecule has 0 saturated carbocycles. The number of hydrogen-bond donors (Lipinski definition) is 0. The van der Waals surface area contributed by atoms with Gasteiger partial charge in [0.15, 0.2) is 0 Å². The Morgan fingerprint density at radius 3 is 2.48 bits per heavy atom. The van der Waals surface area contributed by atoms with Gasteiger partial charge in [0, 0.05) is 22.1 Å². The molecule has 1 amide bonds. The third-order valence-corrected chi connectivity index (χ3v) is 5.56. The molecule has 2 fully saturated rings. The number of benzene rings is 1. The Kier molecular flexibility index (Phi) is 5.40. The fourth-order valence-corrected chi connectivity index (χ4v) is 4.20. The predicted octanol–water partition coefficient (Wildman–Crippen LogP) is 5.04. The maximum absolute atomic E-state index is 13.9. The molecule has 3 rings (SSSR count). The van der Waals surface area contributed by atoms with Crippen molar-refractivity contribution in [3.05, 3.63) is 34.1 Å². The molecule has 0 aromatic heterocycles. The molecular weight excluding hydrogens is 389 g/mol. The number of nitrogens with zero attached hydrogens (tertiary/aromatic N) is 1. The lowest BCUT2D eigenvalue weighted by Gasteiger charge is -2.39. The van der Waals surface area contributed by atoms with Gasteiger partial charge in [-0.05, 0) is 58.6 Å². The molecule has 4 nitrogen and oxygen atoms in total. The minimum absolute atomic E-state index is 0.0442. The smallest absolute Gasteiger partial charge is 0.410 e. The van der Waals surface area contributed by atoms with Crippen molar-refractivity contribution in [3.63, 3.8) is 0 Å². The first-order valence-corrected chi connectivity index (χ1v) is 9.59. The standard InChI is InChI=1S/C19H25BrFNO3/c1-19(2,3)25-18(23)22-12-7-8-13(22)10-14(9-12)24-11-15-16(20)5-4-6-17(15)21/h4-6,12-14H,7-11H2,1-3H3/t12-,13+,14?. The number of ether oxygens (including phenoxy) is 2. The zero-order chi connectivity index (χ0) is 18.2. The average Bonchev–Trinajstić information content (AvgIpc) is 2.76. The third kappa shape index (κ3) is 4.34. The number of carbonyl (C=O) groups excluding carboxylic acids is 1. The van der Waals surface area contributed by atoms with Crippen molar-refractivity contribution >= 4 is 22.0 Å². The zero-order valence-corrected chi connectivity index (χ0v) is 16.5. The van der Waals surface area contributed by atoms with Crippen LogP contribution in [0.5, 0.6) is 0 Å². The molecule has 6 heteroatoms. The number of carbonyl (C=O) groups is 1. The number of halogens is 2. The first-order valence-electron chi connectivity index (χ1n) is 8.80. The number of hydrogen-bond acceptors (Lipinski definition) is 3. The third-order valence-electron chi connectivity index (χ3n) is 4.82. The van der Waals surface area contributed by atoms with Crippen LogP contribution in [0.2, 0.25) is 0 Å². The molecule has 3 atom stereocenters. The Morgan fingerprint density at radius 1 is 1.28 bits per heavy atom. The van der Waals surface area contributed by atoms with E-state index in [9.17, 15) is 9.18 Å². The fraction of sp³-hybridized carbons (Fsp3) is 0.632. The Morgan fingerprint density at radius 2 is 1.92 bits per heavy atom. The van der Waals surface area contributed by atoms with E-state index < -0.39 is 5.60 Å². The summed E-state index contributed by atoms with van der Waals surface area (Å²) in [5.74, 6) is -0.261. The van der Waals surface area contributed by atoms with Gasteiger partial charge in [-0.1, -0.05) is 22.0 Å². The van der Waals surface area contributed by atoms with Crippen molar-refractivity contribution in [3.8, 4) is 0 Å². The molecule has 138 valence electrons. The van der Waals surface area contributed by atoms with Crippen LogP contribution in [0.3, 0.4) is 0 Å². The van der Waals surface area contributed by atoms with Gasteiger partial charge in [-0.15, -0.1) is 0 Å². The fourth-order valence-electron chi connectivity index (χ4n) is 3.75. The second-order valence-corrected chi connectivity index (χ2v) is 8.73. The van der Waals surface area contributed by atoms with Crippen LogP contribution in [0.15, 0.2) is 22.7 Å². The van der Waals surface area contributed by atoms with Gasteiger partial charge >= 0.3 is 6.09 Å². The molecular formula is C19H25BrFNO3. The van der Waals surface area contributed by atoms with Crippen LogP contribution in [-0.4, -0.2) is 34.8 Å². The van der Waals surface area contributed by atoms with Gasteiger partial charge in [0.2, 0.25) is 0 Å². The van der Waals surface area contributed by atoms with Crippen LogP contribution in [0.25, 0.3) is 0 Å². The quantitative estimate of drug-likeness (QED) is 0.696. The average molecular weight is 414 g/mol. The van der Waals surface area contributed by atoms with E-state index in [1.165, 1.54) is 6.07 Å².